The van der Waals surface area contributed by atoms with Gasteiger partial charge in [-0.25, -0.2) is 15.0 Å². The number of urea groups is 1. The zero-order valence-corrected chi connectivity index (χ0v) is 13.5. The first kappa shape index (κ1) is 17.0. The number of aromatic carboxylic acids is 1. The molecule has 0 aliphatic rings. The predicted octanol–water partition coefficient (Wildman–Crippen LogP) is 3.80. The molecule has 0 aliphatic heterocycles. The summed E-state index contributed by atoms with van der Waals surface area (Å²) in [7, 11) is 0. The van der Waals surface area contributed by atoms with Gasteiger partial charge in [-0.05, 0) is 30.3 Å². The van der Waals surface area contributed by atoms with Crippen LogP contribution in [0.2, 0.25) is 0 Å². The van der Waals surface area contributed by atoms with Crippen LogP contribution in [0.5, 0.6) is 0 Å². The lowest BCUT2D eigenvalue weighted by molar-refractivity contribution is 0.0697. The maximum absolute atomic E-state index is 11.7. The summed E-state index contributed by atoms with van der Waals surface area (Å²) in [6, 6.07) is 18.3. The van der Waals surface area contributed by atoms with Crippen molar-refractivity contribution in [1.29, 1.82) is 0 Å². The monoisotopic (exact) mass is 349 g/mol. The van der Waals surface area contributed by atoms with E-state index < -0.39 is 12.0 Å². The molecule has 0 unspecified atom stereocenters. The Morgan fingerprint density at radius 2 is 1.69 bits per heavy atom. The Bertz CT molecular complexity index is 948. The van der Waals surface area contributed by atoms with Gasteiger partial charge >= 0.3 is 12.0 Å². The molecule has 0 bridgehead atoms. The summed E-state index contributed by atoms with van der Waals surface area (Å²) in [4.78, 5) is 23.0. The smallest absolute Gasteiger partial charge is 0.339 e. The van der Waals surface area contributed by atoms with Crippen LogP contribution in [0.4, 0.5) is 10.5 Å². The number of hydrogen-bond donors (Lipinski definition) is 3. The minimum atomic E-state index is -1.04. The van der Waals surface area contributed by atoms with Crippen LogP contribution in [0.1, 0.15) is 16.1 Å². The Morgan fingerprint density at radius 3 is 2.46 bits per heavy atom. The third-order valence-electron chi connectivity index (χ3n) is 3.44. The van der Waals surface area contributed by atoms with Crippen molar-refractivity contribution < 1.29 is 19.1 Å². The summed E-state index contributed by atoms with van der Waals surface area (Å²) in [5.74, 6) is -0.259. The maximum Gasteiger partial charge on any atom is 0.339 e. The lowest BCUT2D eigenvalue weighted by Crippen LogP contribution is -2.24. The molecule has 0 fully saturated rings. The third-order valence-corrected chi connectivity index (χ3v) is 3.44. The lowest BCUT2D eigenvalue weighted by atomic mass is 10.1. The molecule has 3 rings (SSSR count). The van der Waals surface area contributed by atoms with E-state index in [9.17, 15) is 14.7 Å². The molecule has 0 saturated carbocycles. The first-order chi connectivity index (χ1) is 12.6. The fraction of sp³-hybridized carbons (Fsp3) is 0. The first-order valence-electron chi connectivity index (χ1n) is 7.71. The molecule has 3 N–H and O–H groups in total. The highest BCUT2D eigenvalue weighted by atomic mass is 16.4. The predicted molar refractivity (Wildman–Crippen MR) is 97.3 cm³/mol. The van der Waals surface area contributed by atoms with Gasteiger partial charge in [0.25, 0.3) is 0 Å². The van der Waals surface area contributed by atoms with E-state index in [4.69, 9.17) is 4.42 Å². The molecule has 1 heterocycles. The van der Waals surface area contributed by atoms with E-state index in [-0.39, 0.29) is 5.56 Å². The molecule has 130 valence electrons. The van der Waals surface area contributed by atoms with E-state index in [1.165, 1.54) is 12.3 Å². The second-order valence-corrected chi connectivity index (χ2v) is 5.24. The van der Waals surface area contributed by atoms with Crippen LogP contribution in [0.25, 0.3) is 11.3 Å². The normalized spacial score (nSPS) is 10.6. The van der Waals surface area contributed by atoms with E-state index in [1.54, 1.807) is 54.6 Å². The number of anilines is 1. The van der Waals surface area contributed by atoms with Gasteiger partial charge in [0.1, 0.15) is 11.5 Å². The van der Waals surface area contributed by atoms with Crippen LogP contribution in [0.15, 0.2) is 76.2 Å². The zero-order chi connectivity index (χ0) is 18.4. The quantitative estimate of drug-likeness (QED) is 0.481. The van der Waals surface area contributed by atoms with Crippen LogP contribution in [0.3, 0.4) is 0 Å². The number of nitrogens with one attached hydrogen (secondary N) is 2. The van der Waals surface area contributed by atoms with Crippen LogP contribution in [0, 0.1) is 0 Å². The molecule has 1 aromatic heterocycles. The maximum atomic E-state index is 11.7. The Labute approximate surface area is 149 Å². The van der Waals surface area contributed by atoms with Crippen LogP contribution < -0.4 is 10.7 Å². The van der Waals surface area contributed by atoms with Gasteiger partial charge in [-0.1, -0.05) is 36.4 Å². The number of hydrogen-bond acceptors (Lipinski definition) is 4. The highest BCUT2D eigenvalue weighted by Gasteiger charge is 2.13. The number of carbonyl (C=O) groups excluding carboxylic acids is 1. The second-order valence-electron chi connectivity index (χ2n) is 5.24. The fourth-order valence-corrected chi connectivity index (χ4v) is 2.29. The topological polar surface area (TPSA) is 104 Å². The number of amides is 2. The molecule has 0 atom stereocenters. The number of nitrogens with zero attached hydrogens (tertiary/aromatic N) is 1. The molecule has 0 aliphatic carbocycles. The largest absolute Gasteiger partial charge is 0.478 e. The summed E-state index contributed by atoms with van der Waals surface area (Å²) in [6.07, 6.45) is 1.33. The average molecular weight is 349 g/mol. The summed E-state index contributed by atoms with van der Waals surface area (Å²) < 4.78 is 5.58. The number of furan rings is 1. The van der Waals surface area contributed by atoms with Crippen molar-refractivity contribution in [1.82, 2.24) is 5.43 Å². The molecule has 7 nitrogen and oxygen atoms in total. The number of hydrazone groups is 1. The number of carboxylic acid groups (broad SMARTS) is 1. The summed E-state index contributed by atoms with van der Waals surface area (Å²) in [6.45, 7) is 0. The Morgan fingerprint density at radius 1 is 0.962 bits per heavy atom. The third kappa shape index (κ3) is 4.15. The second kappa shape index (κ2) is 7.80. The molecular weight excluding hydrogens is 334 g/mol. The number of carbonyl (C=O) groups is 2. The van der Waals surface area contributed by atoms with Crippen LogP contribution in [-0.4, -0.2) is 23.3 Å². The van der Waals surface area contributed by atoms with Crippen molar-refractivity contribution in [3.63, 3.8) is 0 Å². The molecule has 0 radical (unpaired) electrons. The average Bonchev–Trinajstić information content (AvgIpc) is 3.11. The van der Waals surface area contributed by atoms with E-state index >= 15 is 0 Å². The van der Waals surface area contributed by atoms with Gasteiger partial charge in [0.2, 0.25) is 0 Å². The van der Waals surface area contributed by atoms with E-state index in [0.29, 0.717) is 22.8 Å². The van der Waals surface area contributed by atoms with Crippen LogP contribution in [-0.2, 0) is 0 Å². The zero-order valence-electron chi connectivity index (χ0n) is 13.5. The number of carboxylic acids is 1. The van der Waals surface area contributed by atoms with Crippen molar-refractivity contribution in [3.05, 3.63) is 78.1 Å². The van der Waals surface area contributed by atoms with E-state index in [0.717, 1.165) is 0 Å². The van der Waals surface area contributed by atoms with Crippen molar-refractivity contribution in [2.24, 2.45) is 5.10 Å². The molecule has 0 saturated heterocycles. The van der Waals surface area contributed by atoms with Gasteiger partial charge in [0.05, 0.1) is 11.8 Å². The molecule has 2 aromatic carbocycles. The summed E-state index contributed by atoms with van der Waals surface area (Å²) in [5, 5.41) is 15.7. The molecule has 26 heavy (non-hydrogen) atoms. The molecule has 0 spiro atoms. The Kier molecular flexibility index (Phi) is 5.09. The van der Waals surface area contributed by atoms with Crippen LogP contribution >= 0.6 is 0 Å². The number of para-hydroxylation sites is 1. The number of rotatable bonds is 5. The Hall–Kier alpha value is -3.87. The van der Waals surface area contributed by atoms with Gasteiger partial charge in [0.15, 0.2) is 0 Å². The highest BCUT2D eigenvalue weighted by molar-refractivity contribution is 5.95. The molecule has 3 aromatic rings. The van der Waals surface area contributed by atoms with Gasteiger partial charge in [-0.3, -0.25) is 0 Å². The van der Waals surface area contributed by atoms with Gasteiger partial charge in [0, 0.05) is 11.3 Å². The van der Waals surface area contributed by atoms with E-state index in [1.807, 2.05) is 6.07 Å². The number of benzene rings is 2. The minimum Gasteiger partial charge on any atom is -0.478 e. The molecule has 2 amide bonds. The summed E-state index contributed by atoms with van der Waals surface area (Å²) in [5.41, 5.74) is 3.58. The van der Waals surface area contributed by atoms with Crippen molar-refractivity contribution in [2.45, 2.75) is 0 Å². The van der Waals surface area contributed by atoms with Gasteiger partial charge < -0.3 is 14.8 Å². The SMILES string of the molecule is O=C(N/N=C\c1ccc(-c2ccccc2C(=O)O)o1)Nc1ccccc1. The highest BCUT2D eigenvalue weighted by Crippen LogP contribution is 2.25. The molecule has 7 heteroatoms. The fourth-order valence-electron chi connectivity index (χ4n) is 2.29. The minimum absolute atomic E-state index is 0.144. The Balaban J connectivity index is 1.64. The first-order valence-corrected chi connectivity index (χ1v) is 7.71. The standard InChI is InChI=1S/C19H15N3O4/c23-18(24)16-9-5-4-8-15(16)17-11-10-14(26-17)12-20-22-19(25)21-13-6-2-1-3-7-13/h1-12H,(H,23,24)(H2,21,22,25)/b20-12-. The lowest BCUT2D eigenvalue weighted by Gasteiger charge is -2.03. The molecular formula is C19H15N3O4. The van der Waals surface area contributed by atoms with Crippen molar-refractivity contribution in [2.75, 3.05) is 5.32 Å². The van der Waals surface area contributed by atoms with Gasteiger partial charge in [-0.2, -0.15) is 5.10 Å². The summed E-state index contributed by atoms with van der Waals surface area (Å²) >= 11 is 0. The van der Waals surface area contributed by atoms with E-state index in [2.05, 4.69) is 15.8 Å². The van der Waals surface area contributed by atoms with Crippen molar-refractivity contribution in [3.8, 4) is 11.3 Å². The van der Waals surface area contributed by atoms with Crippen molar-refractivity contribution >= 4 is 23.9 Å². The van der Waals surface area contributed by atoms with Gasteiger partial charge in [-0.15, -0.1) is 0 Å².